The predicted molar refractivity (Wildman–Crippen MR) is 63.9 cm³/mol. The molecule has 2 rings (SSSR count). The number of phenolic OH excluding ortho intramolecular Hbond substituents is 1. The van der Waals surface area contributed by atoms with Crippen molar-refractivity contribution in [3.63, 3.8) is 0 Å². The number of hydrogen-bond donors (Lipinski definition) is 3. The summed E-state index contributed by atoms with van der Waals surface area (Å²) in [7, 11) is 1.64. The van der Waals surface area contributed by atoms with Crippen LogP contribution in [0.5, 0.6) is 5.75 Å². The van der Waals surface area contributed by atoms with Gasteiger partial charge in [0.1, 0.15) is 5.75 Å². The Morgan fingerprint density at radius 2 is 2.41 bits per heavy atom. The topological polar surface area (TPSA) is 70.6 Å². The molecule has 92 valence electrons. The van der Waals surface area contributed by atoms with E-state index in [9.17, 15) is 9.90 Å². The number of anilines is 1. The fourth-order valence-electron chi connectivity index (χ4n) is 1.90. The molecule has 0 aromatic heterocycles. The Morgan fingerprint density at radius 1 is 1.59 bits per heavy atom. The predicted octanol–water partition coefficient (Wildman–Crippen LogP) is 0.708. The number of methoxy groups -OCH3 is 1. The molecule has 5 nitrogen and oxygen atoms in total. The molecule has 1 heterocycles. The third kappa shape index (κ3) is 2.95. The van der Waals surface area contributed by atoms with Crippen LogP contribution >= 0.6 is 0 Å². The molecule has 2 unspecified atom stereocenters. The second-order valence-electron chi connectivity index (χ2n) is 4.09. The molecule has 2 atom stereocenters. The highest BCUT2D eigenvalue weighted by atomic mass is 16.5. The van der Waals surface area contributed by atoms with Gasteiger partial charge in [0.05, 0.1) is 12.1 Å². The number of benzene rings is 1. The van der Waals surface area contributed by atoms with Crippen LogP contribution in [0.2, 0.25) is 0 Å². The SMILES string of the molecule is COC1CNC(C(=O)Nc2cccc(O)c2)C1. The van der Waals surface area contributed by atoms with E-state index in [1.54, 1.807) is 25.3 Å². The summed E-state index contributed by atoms with van der Waals surface area (Å²) in [6.07, 6.45) is 0.760. The number of amides is 1. The minimum absolute atomic E-state index is 0.0925. The molecule has 1 aliphatic heterocycles. The molecule has 1 aromatic rings. The summed E-state index contributed by atoms with van der Waals surface area (Å²) < 4.78 is 5.18. The Bertz CT molecular complexity index is 408. The van der Waals surface area contributed by atoms with Crippen LogP contribution in [0.4, 0.5) is 5.69 Å². The third-order valence-corrected chi connectivity index (χ3v) is 2.85. The highest BCUT2D eigenvalue weighted by Gasteiger charge is 2.29. The molecule has 1 saturated heterocycles. The van der Waals surface area contributed by atoms with Crippen molar-refractivity contribution >= 4 is 11.6 Å². The highest BCUT2D eigenvalue weighted by Crippen LogP contribution is 2.17. The normalized spacial score (nSPS) is 23.6. The van der Waals surface area contributed by atoms with Crippen LogP contribution in [0.25, 0.3) is 0 Å². The first-order valence-electron chi connectivity index (χ1n) is 5.55. The van der Waals surface area contributed by atoms with Gasteiger partial charge in [-0.15, -0.1) is 0 Å². The monoisotopic (exact) mass is 236 g/mol. The average Bonchev–Trinajstić information content (AvgIpc) is 2.77. The van der Waals surface area contributed by atoms with Crippen molar-refractivity contribution < 1.29 is 14.6 Å². The fraction of sp³-hybridized carbons (Fsp3) is 0.417. The summed E-state index contributed by atoms with van der Waals surface area (Å²) in [6, 6.07) is 6.26. The number of phenols is 1. The molecule has 1 aliphatic rings. The average molecular weight is 236 g/mol. The third-order valence-electron chi connectivity index (χ3n) is 2.85. The van der Waals surface area contributed by atoms with Crippen molar-refractivity contribution in [2.45, 2.75) is 18.6 Å². The second-order valence-corrected chi connectivity index (χ2v) is 4.09. The molecule has 1 aromatic carbocycles. The van der Waals surface area contributed by atoms with Crippen molar-refractivity contribution in [2.24, 2.45) is 0 Å². The summed E-state index contributed by atoms with van der Waals surface area (Å²) in [6.45, 7) is 0.689. The first kappa shape index (κ1) is 11.9. The van der Waals surface area contributed by atoms with Crippen LogP contribution in [0.1, 0.15) is 6.42 Å². The molecule has 0 saturated carbocycles. The van der Waals surface area contributed by atoms with E-state index in [0.717, 1.165) is 0 Å². The number of hydrogen-bond acceptors (Lipinski definition) is 4. The van der Waals surface area contributed by atoms with E-state index in [2.05, 4.69) is 10.6 Å². The first-order chi connectivity index (χ1) is 8.19. The summed E-state index contributed by atoms with van der Waals surface area (Å²) in [5.74, 6) is 0.0344. The molecule has 1 amide bonds. The van der Waals surface area contributed by atoms with E-state index >= 15 is 0 Å². The summed E-state index contributed by atoms with van der Waals surface area (Å²) in [4.78, 5) is 11.9. The quantitative estimate of drug-likeness (QED) is 0.722. The maximum absolute atomic E-state index is 11.9. The van der Waals surface area contributed by atoms with Crippen LogP contribution in [0.3, 0.4) is 0 Å². The van der Waals surface area contributed by atoms with Gasteiger partial charge in [0, 0.05) is 25.4 Å². The molecule has 0 aliphatic carbocycles. The number of rotatable bonds is 3. The lowest BCUT2D eigenvalue weighted by molar-refractivity contribution is -0.118. The smallest absolute Gasteiger partial charge is 0.241 e. The standard InChI is InChI=1S/C12H16N2O3/c1-17-10-6-11(13-7-10)12(16)14-8-3-2-4-9(15)5-8/h2-5,10-11,13,15H,6-7H2,1H3,(H,14,16). The van der Waals surface area contributed by atoms with Gasteiger partial charge in [-0.25, -0.2) is 0 Å². The number of ether oxygens (including phenoxy) is 1. The molecule has 1 fully saturated rings. The maximum atomic E-state index is 11.9. The van der Waals surface area contributed by atoms with Crippen LogP contribution < -0.4 is 10.6 Å². The van der Waals surface area contributed by atoms with Crippen LogP contribution in [-0.2, 0) is 9.53 Å². The Labute approximate surface area is 99.8 Å². The van der Waals surface area contributed by atoms with Gasteiger partial charge in [0.2, 0.25) is 5.91 Å². The van der Waals surface area contributed by atoms with E-state index in [1.165, 1.54) is 6.07 Å². The minimum atomic E-state index is -0.234. The molecule has 3 N–H and O–H groups in total. The van der Waals surface area contributed by atoms with Crippen molar-refractivity contribution in [1.82, 2.24) is 5.32 Å². The Hall–Kier alpha value is -1.59. The van der Waals surface area contributed by atoms with E-state index in [4.69, 9.17) is 4.74 Å². The van der Waals surface area contributed by atoms with Gasteiger partial charge < -0.3 is 20.5 Å². The fourth-order valence-corrected chi connectivity index (χ4v) is 1.90. The minimum Gasteiger partial charge on any atom is -0.508 e. The number of nitrogens with one attached hydrogen (secondary N) is 2. The van der Waals surface area contributed by atoms with Crippen molar-refractivity contribution in [3.8, 4) is 5.75 Å². The van der Waals surface area contributed by atoms with Gasteiger partial charge in [-0.2, -0.15) is 0 Å². The highest BCUT2D eigenvalue weighted by molar-refractivity contribution is 5.95. The lowest BCUT2D eigenvalue weighted by Crippen LogP contribution is -2.35. The summed E-state index contributed by atoms with van der Waals surface area (Å²) in [5.41, 5.74) is 0.595. The Balaban J connectivity index is 1.93. The van der Waals surface area contributed by atoms with Gasteiger partial charge in [0.25, 0.3) is 0 Å². The molecule has 17 heavy (non-hydrogen) atoms. The first-order valence-corrected chi connectivity index (χ1v) is 5.55. The second kappa shape index (κ2) is 5.16. The number of aromatic hydroxyl groups is 1. The maximum Gasteiger partial charge on any atom is 0.241 e. The molecular weight excluding hydrogens is 220 g/mol. The molecular formula is C12H16N2O3. The van der Waals surface area contributed by atoms with Gasteiger partial charge in [-0.3, -0.25) is 4.79 Å². The number of carbonyl (C=O) groups excluding carboxylic acids is 1. The molecule has 5 heteroatoms. The van der Waals surface area contributed by atoms with Crippen LogP contribution in [-0.4, -0.2) is 36.8 Å². The molecule has 0 spiro atoms. The zero-order chi connectivity index (χ0) is 12.3. The Morgan fingerprint density at radius 3 is 3.06 bits per heavy atom. The summed E-state index contributed by atoms with van der Waals surface area (Å²) >= 11 is 0. The van der Waals surface area contributed by atoms with E-state index in [1.807, 2.05) is 0 Å². The lowest BCUT2D eigenvalue weighted by Gasteiger charge is -2.11. The van der Waals surface area contributed by atoms with E-state index in [0.29, 0.717) is 18.7 Å². The van der Waals surface area contributed by atoms with E-state index in [-0.39, 0.29) is 23.8 Å². The Kier molecular flexibility index (Phi) is 3.61. The van der Waals surface area contributed by atoms with Gasteiger partial charge in [-0.1, -0.05) is 6.07 Å². The van der Waals surface area contributed by atoms with Gasteiger partial charge in [-0.05, 0) is 18.6 Å². The lowest BCUT2D eigenvalue weighted by atomic mass is 10.2. The van der Waals surface area contributed by atoms with E-state index < -0.39 is 0 Å². The number of carbonyl (C=O) groups is 1. The summed E-state index contributed by atoms with van der Waals surface area (Å²) in [5, 5.41) is 15.1. The van der Waals surface area contributed by atoms with Crippen molar-refractivity contribution in [2.75, 3.05) is 19.0 Å². The molecule has 0 bridgehead atoms. The zero-order valence-electron chi connectivity index (χ0n) is 9.64. The largest absolute Gasteiger partial charge is 0.508 e. The van der Waals surface area contributed by atoms with Crippen LogP contribution in [0.15, 0.2) is 24.3 Å². The molecule has 0 radical (unpaired) electrons. The van der Waals surface area contributed by atoms with Gasteiger partial charge in [0.15, 0.2) is 0 Å². The van der Waals surface area contributed by atoms with Gasteiger partial charge >= 0.3 is 0 Å². The van der Waals surface area contributed by atoms with Crippen LogP contribution in [0, 0.1) is 0 Å². The zero-order valence-corrected chi connectivity index (χ0v) is 9.64. The van der Waals surface area contributed by atoms with Crippen molar-refractivity contribution in [1.29, 1.82) is 0 Å². The van der Waals surface area contributed by atoms with Crippen molar-refractivity contribution in [3.05, 3.63) is 24.3 Å².